The molecule has 10 nitrogen and oxygen atoms in total. The zero-order valence-electron chi connectivity index (χ0n) is 25.6. The van der Waals surface area contributed by atoms with Crippen LogP contribution in [0.1, 0.15) is 43.3 Å². The van der Waals surface area contributed by atoms with E-state index in [0.717, 1.165) is 46.9 Å². The minimum absolute atomic E-state index is 0.0583. The van der Waals surface area contributed by atoms with Gasteiger partial charge in [0, 0.05) is 58.6 Å². The zero-order valence-corrected chi connectivity index (χ0v) is 25.6. The fraction of sp³-hybridized carbons (Fsp3) is 0.438. The van der Waals surface area contributed by atoms with Gasteiger partial charge in [-0.25, -0.2) is 0 Å². The van der Waals surface area contributed by atoms with Crippen LogP contribution >= 0.6 is 0 Å². The largest absolute Gasteiger partial charge is 0.464 e. The number of hydrogen-bond donors (Lipinski definition) is 0. The van der Waals surface area contributed by atoms with Crippen LogP contribution in [0.5, 0.6) is 0 Å². The van der Waals surface area contributed by atoms with Crippen LogP contribution in [0.2, 0.25) is 0 Å². The van der Waals surface area contributed by atoms with Crippen molar-refractivity contribution in [1.82, 2.24) is 19.2 Å². The molecule has 0 saturated heterocycles. The Morgan fingerprint density at radius 1 is 0.976 bits per heavy atom. The molecule has 0 spiro atoms. The number of amides is 2. The molecule has 1 aliphatic rings. The number of carbonyl (C=O) groups excluding carboxylic acids is 2. The van der Waals surface area contributed by atoms with Crippen molar-refractivity contribution in [2.75, 3.05) is 36.5 Å². The van der Waals surface area contributed by atoms with E-state index in [1.807, 2.05) is 56.9 Å². The highest BCUT2D eigenvalue weighted by atomic mass is 16.3. The Morgan fingerprint density at radius 2 is 1.74 bits per heavy atom. The predicted molar refractivity (Wildman–Crippen MR) is 164 cm³/mol. The van der Waals surface area contributed by atoms with Crippen molar-refractivity contribution >= 4 is 34.2 Å². The smallest absolute Gasteiger partial charge is 0.261 e. The van der Waals surface area contributed by atoms with E-state index in [0.29, 0.717) is 37.1 Å². The molecular weight excluding hydrogens is 532 g/mol. The highest BCUT2D eigenvalue weighted by molar-refractivity contribution is 6.19. The number of hydrogen-bond acceptors (Lipinski definition) is 6. The van der Waals surface area contributed by atoms with Gasteiger partial charge < -0.3 is 18.8 Å². The molecule has 4 aromatic rings. The maximum Gasteiger partial charge on any atom is 0.261 e. The van der Waals surface area contributed by atoms with Crippen molar-refractivity contribution in [2.45, 2.75) is 54.1 Å². The van der Waals surface area contributed by atoms with Crippen molar-refractivity contribution in [1.29, 1.82) is 0 Å². The van der Waals surface area contributed by atoms with Crippen molar-refractivity contribution in [3.63, 3.8) is 0 Å². The molecule has 0 saturated carbocycles. The quantitative estimate of drug-likeness (QED) is 0.281. The van der Waals surface area contributed by atoms with Crippen molar-refractivity contribution < 1.29 is 14.0 Å². The molecule has 222 valence electrons. The number of rotatable bonds is 9. The van der Waals surface area contributed by atoms with Crippen LogP contribution in [0.3, 0.4) is 0 Å². The van der Waals surface area contributed by atoms with E-state index >= 15 is 0 Å². The fourth-order valence-electron chi connectivity index (χ4n) is 5.90. The molecule has 4 heterocycles. The zero-order chi connectivity index (χ0) is 30.3. The first-order valence-corrected chi connectivity index (χ1v) is 14.4. The lowest BCUT2D eigenvalue weighted by molar-refractivity contribution is -0.137. The summed E-state index contributed by atoms with van der Waals surface area (Å²) >= 11 is 0. The van der Waals surface area contributed by atoms with Gasteiger partial charge in [0.1, 0.15) is 11.0 Å². The minimum atomic E-state index is -1.14. The van der Waals surface area contributed by atoms with E-state index in [4.69, 9.17) is 4.42 Å². The number of aryl methyl sites for hydroxylation is 3. The lowest BCUT2D eigenvalue weighted by Gasteiger charge is -2.27. The summed E-state index contributed by atoms with van der Waals surface area (Å²) in [5.74, 6) is -0.407. The first kappa shape index (κ1) is 29.3. The molecule has 0 atom stereocenters. The van der Waals surface area contributed by atoms with E-state index in [1.54, 1.807) is 47.6 Å². The van der Waals surface area contributed by atoms with Crippen molar-refractivity contribution in [3.05, 3.63) is 75.7 Å². The van der Waals surface area contributed by atoms with Gasteiger partial charge in [-0.1, -0.05) is 6.07 Å². The number of anilines is 2. The normalized spacial score (nSPS) is 15.1. The highest BCUT2D eigenvalue weighted by Crippen LogP contribution is 2.38. The van der Waals surface area contributed by atoms with E-state index in [2.05, 4.69) is 16.1 Å². The first-order chi connectivity index (χ1) is 19.9. The maximum absolute atomic E-state index is 13.3. The predicted octanol–water partition coefficient (Wildman–Crippen LogP) is 4.05. The average molecular weight is 573 g/mol. The summed E-state index contributed by atoms with van der Waals surface area (Å²) in [7, 11) is 3.69. The van der Waals surface area contributed by atoms with Gasteiger partial charge in [-0.2, -0.15) is 5.10 Å². The van der Waals surface area contributed by atoms with Crippen LogP contribution in [0.4, 0.5) is 11.4 Å². The Labute approximate surface area is 246 Å². The van der Waals surface area contributed by atoms with Crippen molar-refractivity contribution in [3.8, 4) is 0 Å². The van der Waals surface area contributed by atoms with Gasteiger partial charge in [-0.15, -0.1) is 0 Å². The molecule has 10 heteroatoms. The summed E-state index contributed by atoms with van der Waals surface area (Å²) in [6.45, 7) is 12.3. The Hall–Kier alpha value is -4.18. The summed E-state index contributed by atoms with van der Waals surface area (Å²) in [6.07, 6.45) is 4.15. The number of furan rings is 1. The van der Waals surface area contributed by atoms with Crippen LogP contribution in [-0.4, -0.2) is 57.7 Å². The van der Waals surface area contributed by atoms with Crippen molar-refractivity contribution in [2.24, 2.45) is 12.5 Å². The summed E-state index contributed by atoms with van der Waals surface area (Å²) in [5.41, 5.74) is 4.97. The molecule has 0 N–H and O–H groups in total. The maximum atomic E-state index is 13.3. The van der Waals surface area contributed by atoms with Gasteiger partial charge in [-0.05, 0) is 70.9 Å². The fourth-order valence-corrected chi connectivity index (χ4v) is 5.90. The second kappa shape index (κ2) is 11.2. The van der Waals surface area contributed by atoms with Gasteiger partial charge in [0.25, 0.3) is 5.56 Å². The van der Waals surface area contributed by atoms with E-state index in [9.17, 15) is 14.4 Å². The summed E-state index contributed by atoms with van der Waals surface area (Å²) in [6, 6.07) is 9.83. The minimum Gasteiger partial charge on any atom is -0.464 e. The molecule has 0 aliphatic carbocycles. The second-order valence-corrected chi connectivity index (χ2v) is 11.8. The lowest BCUT2D eigenvalue weighted by Crippen LogP contribution is -2.47. The topological polar surface area (TPSA) is 96.8 Å². The Morgan fingerprint density at radius 3 is 2.43 bits per heavy atom. The molecule has 0 unspecified atom stereocenters. The first-order valence-electron chi connectivity index (χ1n) is 14.4. The Kier molecular flexibility index (Phi) is 7.85. The molecule has 42 heavy (non-hydrogen) atoms. The number of benzene rings is 1. The summed E-state index contributed by atoms with van der Waals surface area (Å²) < 4.78 is 9.16. The SMILES string of the molecule is CCN1C(=O)C(C)(C)C(=O)N(C)c2cc(CCN(CCn3cc(C)c4occc4c3=O)Cc3cc(C)nn3C)ccc21. The second-order valence-electron chi connectivity index (χ2n) is 11.8. The number of aromatic nitrogens is 3. The number of fused-ring (bicyclic) bond motifs is 2. The third kappa shape index (κ3) is 5.27. The van der Waals surface area contributed by atoms with E-state index in [-0.39, 0.29) is 17.4 Å². The van der Waals surface area contributed by atoms with Gasteiger partial charge in [0.15, 0.2) is 0 Å². The Bertz CT molecular complexity index is 1710. The summed E-state index contributed by atoms with van der Waals surface area (Å²) in [4.78, 5) is 45.3. The third-order valence-electron chi connectivity index (χ3n) is 8.35. The van der Waals surface area contributed by atoms with Crippen LogP contribution in [-0.2, 0) is 36.1 Å². The van der Waals surface area contributed by atoms with Gasteiger partial charge >= 0.3 is 0 Å². The van der Waals surface area contributed by atoms with Gasteiger partial charge in [0.2, 0.25) is 11.8 Å². The molecule has 0 bridgehead atoms. The molecule has 1 aromatic carbocycles. The molecule has 2 amide bonds. The van der Waals surface area contributed by atoms with Crippen LogP contribution in [0.15, 0.2) is 52.0 Å². The average Bonchev–Trinajstić information content (AvgIpc) is 3.57. The van der Waals surface area contributed by atoms with Crippen LogP contribution in [0, 0.1) is 19.3 Å². The monoisotopic (exact) mass is 572 g/mol. The summed E-state index contributed by atoms with van der Waals surface area (Å²) in [5, 5.41) is 5.11. The molecule has 3 aromatic heterocycles. The van der Waals surface area contributed by atoms with Gasteiger partial charge in [-0.3, -0.25) is 24.0 Å². The Balaban J connectivity index is 1.40. The number of pyridine rings is 1. The van der Waals surface area contributed by atoms with E-state index in [1.165, 1.54) is 0 Å². The van der Waals surface area contributed by atoms with Crippen LogP contribution in [0.25, 0.3) is 11.0 Å². The molecule has 0 fully saturated rings. The van der Waals surface area contributed by atoms with Crippen LogP contribution < -0.4 is 15.4 Å². The van der Waals surface area contributed by atoms with E-state index < -0.39 is 5.41 Å². The molecular formula is C32H40N6O4. The molecule has 5 rings (SSSR count). The lowest BCUT2D eigenvalue weighted by atomic mass is 9.90. The molecule has 1 aliphatic heterocycles. The highest BCUT2D eigenvalue weighted by Gasteiger charge is 2.45. The van der Waals surface area contributed by atoms with Gasteiger partial charge in [0.05, 0.1) is 34.4 Å². The number of nitrogens with zero attached hydrogens (tertiary/aromatic N) is 6. The molecule has 0 radical (unpaired) electrons. The number of carbonyl (C=O) groups is 2. The third-order valence-corrected chi connectivity index (χ3v) is 8.35. The standard InChI is InChI=1S/C32H40N6O4/c1-8-38-26-10-9-23(18-27(26)34(6)30(40)32(4,5)31(38)41)11-13-36(20-24-17-22(3)33-35(24)7)14-15-37-19-21(2)28-25(29(37)39)12-16-42-28/h9-10,12,16-19H,8,11,13-15,20H2,1-7H3.